The highest BCUT2D eigenvalue weighted by atomic mass is 79.9. The maximum atomic E-state index is 11.6. The standard InChI is InChI=1S/C11H14BrNO3/c12-9-5-4-8-13(11(9)16)7-3-1-2-6-10(14)15/h4-5,8H,1-3,6-7H2,(H,14,15). The Labute approximate surface area is 102 Å². The van der Waals surface area contributed by atoms with E-state index < -0.39 is 5.97 Å². The van der Waals surface area contributed by atoms with Gasteiger partial charge in [0.15, 0.2) is 0 Å². The first-order valence-corrected chi connectivity index (χ1v) is 5.97. The molecule has 0 unspecified atom stereocenters. The van der Waals surface area contributed by atoms with Crippen molar-refractivity contribution in [1.29, 1.82) is 0 Å². The minimum atomic E-state index is -0.764. The van der Waals surface area contributed by atoms with Crippen LogP contribution in [0.15, 0.2) is 27.6 Å². The van der Waals surface area contributed by atoms with Gasteiger partial charge in [0.1, 0.15) is 0 Å². The summed E-state index contributed by atoms with van der Waals surface area (Å²) in [7, 11) is 0. The van der Waals surface area contributed by atoms with Gasteiger partial charge in [-0.25, -0.2) is 0 Å². The Hall–Kier alpha value is -1.10. The first-order chi connectivity index (χ1) is 7.61. The summed E-state index contributed by atoms with van der Waals surface area (Å²) < 4.78 is 2.19. The van der Waals surface area contributed by atoms with Crippen molar-refractivity contribution in [2.24, 2.45) is 0 Å². The molecule has 0 aliphatic carbocycles. The number of halogens is 1. The maximum absolute atomic E-state index is 11.6. The molecule has 1 aromatic rings. The van der Waals surface area contributed by atoms with Crippen molar-refractivity contribution in [1.82, 2.24) is 4.57 Å². The first-order valence-electron chi connectivity index (χ1n) is 5.18. The number of carboxylic acids is 1. The second kappa shape index (κ2) is 6.48. The van der Waals surface area contributed by atoms with Gasteiger partial charge < -0.3 is 9.67 Å². The molecule has 0 bridgehead atoms. The molecule has 1 heterocycles. The first kappa shape index (κ1) is 13.0. The van der Waals surface area contributed by atoms with Gasteiger partial charge in [0, 0.05) is 19.2 Å². The van der Waals surface area contributed by atoms with Crippen molar-refractivity contribution >= 4 is 21.9 Å². The molecule has 1 aromatic heterocycles. The Bertz CT molecular complexity index is 414. The Morgan fingerprint density at radius 3 is 2.81 bits per heavy atom. The minimum absolute atomic E-state index is 0.0410. The average Bonchev–Trinajstić information content (AvgIpc) is 2.23. The fourth-order valence-electron chi connectivity index (χ4n) is 1.42. The zero-order valence-corrected chi connectivity index (χ0v) is 10.4. The molecule has 0 aliphatic rings. The predicted molar refractivity (Wildman–Crippen MR) is 64.5 cm³/mol. The molecule has 1 N–H and O–H groups in total. The SMILES string of the molecule is O=C(O)CCCCCn1cccc(Br)c1=O. The van der Waals surface area contributed by atoms with Crippen molar-refractivity contribution in [3.63, 3.8) is 0 Å². The van der Waals surface area contributed by atoms with Gasteiger partial charge in [0.25, 0.3) is 5.56 Å². The van der Waals surface area contributed by atoms with Crippen molar-refractivity contribution in [2.75, 3.05) is 0 Å². The number of hydrogen-bond acceptors (Lipinski definition) is 2. The molecule has 0 spiro atoms. The lowest BCUT2D eigenvalue weighted by Gasteiger charge is -2.05. The lowest BCUT2D eigenvalue weighted by molar-refractivity contribution is -0.137. The lowest BCUT2D eigenvalue weighted by atomic mass is 10.2. The molecule has 5 heteroatoms. The van der Waals surface area contributed by atoms with E-state index >= 15 is 0 Å². The summed E-state index contributed by atoms with van der Waals surface area (Å²) in [6, 6.07) is 3.52. The highest BCUT2D eigenvalue weighted by Gasteiger charge is 2.00. The van der Waals surface area contributed by atoms with Gasteiger partial charge in [-0.05, 0) is 40.9 Å². The molecule has 0 saturated carbocycles. The van der Waals surface area contributed by atoms with E-state index in [1.54, 1.807) is 16.8 Å². The van der Waals surface area contributed by atoms with Gasteiger partial charge in [-0.1, -0.05) is 6.42 Å². The number of carbonyl (C=O) groups is 1. The monoisotopic (exact) mass is 287 g/mol. The van der Waals surface area contributed by atoms with Gasteiger partial charge in [-0.2, -0.15) is 0 Å². The van der Waals surface area contributed by atoms with Crippen LogP contribution in [0.4, 0.5) is 0 Å². The number of rotatable bonds is 6. The zero-order chi connectivity index (χ0) is 12.0. The Morgan fingerprint density at radius 2 is 2.12 bits per heavy atom. The molecule has 16 heavy (non-hydrogen) atoms. The van der Waals surface area contributed by atoms with Crippen LogP contribution in [0, 0.1) is 0 Å². The number of unbranched alkanes of at least 4 members (excludes halogenated alkanes) is 2. The van der Waals surface area contributed by atoms with E-state index in [9.17, 15) is 9.59 Å². The van der Waals surface area contributed by atoms with Gasteiger partial charge in [0.05, 0.1) is 4.47 Å². The van der Waals surface area contributed by atoms with E-state index in [0.717, 1.165) is 12.8 Å². The molecule has 0 fully saturated rings. The number of pyridine rings is 1. The molecule has 0 saturated heterocycles. The van der Waals surface area contributed by atoms with Crippen LogP contribution in [0.3, 0.4) is 0 Å². The number of nitrogens with zero attached hydrogens (tertiary/aromatic N) is 1. The van der Waals surface area contributed by atoms with Gasteiger partial charge in [-0.3, -0.25) is 9.59 Å². The van der Waals surface area contributed by atoms with Gasteiger partial charge in [-0.15, -0.1) is 0 Å². The quantitative estimate of drug-likeness (QED) is 0.817. The Kier molecular flexibility index (Phi) is 5.25. The summed E-state index contributed by atoms with van der Waals surface area (Å²) in [5.41, 5.74) is -0.0410. The van der Waals surface area contributed by atoms with Crippen molar-refractivity contribution in [2.45, 2.75) is 32.2 Å². The summed E-state index contributed by atoms with van der Waals surface area (Å²) in [6.07, 6.45) is 4.25. The second-order valence-corrected chi connectivity index (χ2v) is 4.41. The Morgan fingerprint density at radius 1 is 1.38 bits per heavy atom. The topological polar surface area (TPSA) is 59.3 Å². The van der Waals surface area contributed by atoms with Crippen LogP contribution in [0.25, 0.3) is 0 Å². The van der Waals surface area contributed by atoms with Gasteiger partial charge in [0.2, 0.25) is 0 Å². The van der Waals surface area contributed by atoms with Crippen LogP contribution in [0.5, 0.6) is 0 Å². The third kappa shape index (κ3) is 4.18. The lowest BCUT2D eigenvalue weighted by Crippen LogP contribution is -2.19. The summed E-state index contributed by atoms with van der Waals surface area (Å²) in [4.78, 5) is 21.8. The highest BCUT2D eigenvalue weighted by molar-refractivity contribution is 9.10. The van der Waals surface area contributed by atoms with Gasteiger partial charge >= 0.3 is 5.97 Å². The second-order valence-electron chi connectivity index (χ2n) is 3.56. The molecule has 88 valence electrons. The fraction of sp³-hybridized carbons (Fsp3) is 0.455. The van der Waals surface area contributed by atoms with Crippen molar-refractivity contribution in [3.8, 4) is 0 Å². The molecule has 0 amide bonds. The fourth-order valence-corrected chi connectivity index (χ4v) is 1.80. The van der Waals surface area contributed by atoms with Crippen molar-refractivity contribution in [3.05, 3.63) is 33.2 Å². The zero-order valence-electron chi connectivity index (χ0n) is 8.86. The minimum Gasteiger partial charge on any atom is -0.481 e. The number of aryl methyl sites for hydroxylation is 1. The summed E-state index contributed by atoms with van der Waals surface area (Å²) in [5.74, 6) is -0.764. The van der Waals surface area contributed by atoms with Crippen LogP contribution in [0.1, 0.15) is 25.7 Å². The summed E-state index contributed by atoms with van der Waals surface area (Å²) in [5, 5.41) is 8.45. The molecule has 4 nitrogen and oxygen atoms in total. The molecule has 1 rings (SSSR count). The van der Waals surface area contributed by atoms with E-state index in [-0.39, 0.29) is 12.0 Å². The Balaban J connectivity index is 2.35. The molecular weight excluding hydrogens is 274 g/mol. The van der Waals surface area contributed by atoms with Crippen LogP contribution < -0.4 is 5.56 Å². The van der Waals surface area contributed by atoms with E-state index in [1.807, 2.05) is 6.07 Å². The van der Waals surface area contributed by atoms with Crippen molar-refractivity contribution < 1.29 is 9.90 Å². The third-order valence-electron chi connectivity index (χ3n) is 2.26. The van der Waals surface area contributed by atoms with E-state index in [4.69, 9.17) is 5.11 Å². The average molecular weight is 288 g/mol. The molecule has 0 aliphatic heterocycles. The smallest absolute Gasteiger partial charge is 0.303 e. The molecule has 0 atom stereocenters. The summed E-state index contributed by atoms with van der Waals surface area (Å²) >= 11 is 3.18. The number of hydrogen-bond donors (Lipinski definition) is 1. The van der Waals surface area contributed by atoms with Crippen LogP contribution in [-0.2, 0) is 11.3 Å². The van der Waals surface area contributed by atoms with Crippen LogP contribution in [0.2, 0.25) is 0 Å². The van der Waals surface area contributed by atoms with Crippen LogP contribution in [-0.4, -0.2) is 15.6 Å². The third-order valence-corrected chi connectivity index (χ3v) is 2.87. The van der Waals surface area contributed by atoms with Crippen LogP contribution >= 0.6 is 15.9 Å². The van der Waals surface area contributed by atoms with E-state index in [1.165, 1.54) is 0 Å². The van der Waals surface area contributed by atoms with E-state index in [2.05, 4.69) is 15.9 Å². The molecule has 0 radical (unpaired) electrons. The number of aliphatic carboxylic acids is 1. The summed E-state index contributed by atoms with van der Waals surface area (Å²) in [6.45, 7) is 0.637. The largest absolute Gasteiger partial charge is 0.481 e. The molecular formula is C11H14BrNO3. The number of aromatic nitrogens is 1. The maximum Gasteiger partial charge on any atom is 0.303 e. The normalized spacial score (nSPS) is 10.3. The molecule has 0 aromatic carbocycles. The highest BCUT2D eigenvalue weighted by Crippen LogP contribution is 2.04. The predicted octanol–water partition coefficient (Wildman–Crippen LogP) is 2.26. The van der Waals surface area contributed by atoms with E-state index in [0.29, 0.717) is 17.4 Å². The number of carboxylic acid groups (broad SMARTS) is 1.